The molecule has 5 nitrogen and oxygen atoms in total. The minimum absolute atomic E-state index is 0.203. The third kappa shape index (κ3) is 2.30. The first-order valence-electron chi connectivity index (χ1n) is 5.48. The van der Waals surface area contributed by atoms with E-state index in [-0.39, 0.29) is 6.04 Å². The van der Waals surface area contributed by atoms with Crippen LogP contribution >= 0.6 is 0 Å². The number of nitrogens with two attached hydrogens (primary N) is 1. The summed E-state index contributed by atoms with van der Waals surface area (Å²) < 4.78 is 0. The van der Waals surface area contributed by atoms with Crippen molar-refractivity contribution >= 4 is 17.0 Å². The van der Waals surface area contributed by atoms with Gasteiger partial charge in [0.2, 0.25) is 0 Å². The molecule has 0 amide bonds. The van der Waals surface area contributed by atoms with Gasteiger partial charge in [0.05, 0.1) is 5.52 Å². The molecule has 1 unspecified atom stereocenters. The number of aryl methyl sites for hydroxylation is 1. The maximum atomic E-state index is 5.71. The van der Waals surface area contributed by atoms with E-state index in [0.717, 1.165) is 35.6 Å². The zero-order valence-corrected chi connectivity index (χ0v) is 9.62. The maximum absolute atomic E-state index is 5.71. The molecular weight excluding hydrogens is 202 g/mol. The standard InChI is InChI=1S/C11H17N5/c1-7(12)3-5-10-14-8-4-6-9(13-2)15-11(8)16-10/h4,6-7H,3,5,12H2,1-2H3,(H2,13,14,15,16). The third-order valence-corrected chi connectivity index (χ3v) is 2.49. The summed E-state index contributed by atoms with van der Waals surface area (Å²) in [5, 5.41) is 2.99. The number of imidazole rings is 1. The number of aromatic nitrogens is 3. The van der Waals surface area contributed by atoms with Crippen LogP contribution in [0.4, 0.5) is 5.82 Å². The van der Waals surface area contributed by atoms with Crippen LogP contribution in [0.15, 0.2) is 12.1 Å². The van der Waals surface area contributed by atoms with Crippen molar-refractivity contribution < 1.29 is 0 Å². The van der Waals surface area contributed by atoms with Gasteiger partial charge in [0.15, 0.2) is 5.65 Å². The second-order valence-corrected chi connectivity index (χ2v) is 4.02. The molecule has 0 aromatic carbocycles. The van der Waals surface area contributed by atoms with Crippen molar-refractivity contribution in [3.05, 3.63) is 18.0 Å². The summed E-state index contributed by atoms with van der Waals surface area (Å²) >= 11 is 0. The summed E-state index contributed by atoms with van der Waals surface area (Å²) in [5.74, 6) is 1.78. The summed E-state index contributed by atoms with van der Waals surface area (Å²) in [7, 11) is 1.85. The Kier molecular flexibility index (Phi) is 3.05. The molecule has 2 heterocycles. The summed E-state index contributed by atoms with van der Waals surface area (Å²) in [4.78, 5) is 12.0. The quantitative estimate of drug-likeness (QED) is 0.723. The Bertz CT molecular complexity index is 474. The number of hydrogen-bond acceptors (Lipinski definition) is 4. The molecule has 16 heavy (non-hydrogen) atoms. The zero-order valence-electron chi connectivity index (χ0n) is 9.62. The largest absolute Gasteiger partial charge is 0.373 e. The molecule has 5 heteroatoms. The predicted octanol–water partition coefficient (Wildman–Crippen LogP) is 1.28. The molecule has 0 saturated carbocycles. The van der Waals surface area contributed by atoms with Crippen LogP contribution in [-0.4, -0.2) is 28.0 Å². The van der Waals surface area contributed by atoms with Crippen molar-refractivity contribution in [2.45, 2.75) is 25.8 Å². The summed E-state index contributed by atoms with van der Waals surface area (Å²) in [6, 6.07) is 4.11. The van der Waals surface area contributed by atoms with Gasteiger partial charge in [-0.1, -0.05) is 0 Å². The number of nitrogens with one attached hydrogen (secondary N) is 2. The molecule has 2 aromatic rings. The molecule has 0 fully saturated rings. The van der Waals surface area contributed by atoms with Crippen molar-refractivity contribution in [3.63, 3.8) is 0 Å². The topological polar surface area (TPSA) is 79.6 Å². The second kappa shape index (κ2) is 4.49. The number of rotatable bonds is 4. The summed E-state index contributed by atoms with van der Waals surface area (Å²) in [6.07, 6.45) is 1.79. The van der Waals surface area contributed by atoms with Gasteiger partial charge in [-0.15, -0.1) is 0 Å². The van der Waals surface area contributed by atoms with Gasteiger partial charge < -0.3 is 16.0 Å². The lowest BCUT2D eigenvalue weighted by molar-refractivity contribution is 0.652. The van der Waals surface area contributed by atoms with E-state index in [9.17, 15) is 0 Å². The maximum Gasteiger partial charge on any atom is 0.179 e. The average molecular weight is 219 g/mol. The van der Waals surface area contributed by atoms with Crippen molar-refractivity contribution in [1.29, 1.82) is 0 Å². The van der Waals surface area contributed by atoms with Gasteiger partial charge in [-0.2, -0.15) is 0 Å². The van der Waals surface area contributed by atoms with Crippen molar-refractivity contribution in [2.75, 3.05) is 12.4 Å². The van der Waals surface area contributed by atoms with Gasteiger partial charge in [-0.3, -0.25) is 0 Å². The lowest BCUT2D eigenvalue weighted by atomic mass is 10.2. The number of anilines is 1. The minimum atomic E-state index is 0.203. The Hall–Kier alpha value is -1.62. The monoisotopic (exact) mass is 219 g/mol. The molecule has 0 aliphatic rings. The molecule has 86 valence electrons. The van der Waals surface area contributed by atoms with E-state index in [0.29, 0.717) is 0 Å². The Labute approximate surface area is 94.5 Å². The molecule has 1 atom stereocenters. The fourth-order valence-electron chi connectivity index (χ4n) is 1.56. The van der Waals surface area contributed by atoms with Crippen LogP contribution in [0.2, 0.25) is 0 Å². The molecule has 0 aliphatic carbocycles. The van der Waals surface area contributed by atoms with Crippen molar-refractivity contribution in [1.82, 2.24) is 15.0 Å². The van der Waals surface area contributed by atoms with Gasteiger partial charge >= 0.3 is 0 Å². The first-order valence-corrected chi connectivity index (χ1v) is 5.48. The van der Waals surface area contributed by atoms with Gasteiger partial charge in [-0.05, 0) is 25.5 Å². The SMILES string of the molecule is CNc1ccc2[nH]c(CCC(C)N)nc2n1. The molecule has 4 N–H and O–H groups in total. The summed E-state index contributed by atoms with van der Waals surface area (Å²) in [5.41, 5.74) is 7.44. The van der Waals surface area contributed by atoms with E-state index in [4.69, 9.17) is 5.73 Å². The van der Waals surface area contributed by atoms with E-state index in [1.54, 1.807) is 0 Å². The molecule has 0 bridgehead atoms. The van der Waals surface area contributed by atoms with E-state index >= 15 is 0 Å². The zero-order chi connectivity index (χ0) is 11.5. The molecule has 2 aromatic heterocycles. The fraction of sp³-hybridized carbons (Fsp3) is 0.455. The number of nitrogens with zero attached hydrogens (tertiary/aromatic N) is 2. The lowest BCUT2D eigenvalue weighted by Gasteiger charge is -2.00. The molecule has 2 rings (SSSR count). The molecular formula is C11H17N5. The van der Waals surface area contributed by atoms with Crippen LogP contribution in [0.3, 0.4) is 0 Å². The number of pyridine rings is 1. The van der Waals surface area contributed by atoms with Crippen LogP contribution in [0, 0.1) is 0 Å². The highest BCUT2D eigenvalue weighted by molar-refractivity contribution is 5.72. The Morgan fingerprint density at radius 1 is 1.44 bits per heavy atom. The lowest BCUT2D eigenvalue weighted by Crippen LogP contribution is -2.15. The van der Waals surface area contributed by atoms with Crippen LogP contribution in [0.1, 0.15) is 19.2 Å². The molecule has 0 spiro atoms. The first kappa shape index (κ1) is 10.9. The Balaban J connectivity index is 2.22. The Morgan fingerprint density at radius 2 is 2.25 bits per heavy atom. The molecule has 0 aliphatic heterocycles. The highest BCUT2D eigenvalue weighted by Crippen LogP contribution is 2.13. The van der Waals surface area contributed by atoms with E-state index in [1.165, 1.54) is 0 Å². The minimum Gasteiger partial charge on any atom is -0.373 e. The normalized spacial score (nSPS) is 12.9. The van der Waals surface area contributed by atoms with Crippen LogP contribution in [0.25, 0.3) is 11.2 Å². The number of fused-ring (bicyclic) bond motifs is 1. The van der Waals surface area contributed by atoms with Crippen molar-refractivity contribution in [2.24, 2.45) is 5.73 Å². The van der Waals surface area contributed by atoms with Gasteiger partial charge in [0.1, 0.15) is 11.6 Å². The second-order valence-electron chi connectivity index (χ2n) is 4.02. The first-order chi connectivity index (χ1) is 7.69. The predicted molar refractivity (Wildman–Crippen MR) is 65.4 cm³/mol. The van der Waals surface area contributed by atoms with Gasteiger partial charge in [0.25, 0.3) is 0 Å². The van der Waals surface area contributed by atoms with Crippen LogP contribution < -0.4 is 11.1 Å². The Morgan fingerprint density at radius 3 is 2.94 bits per heavy atom. The number of H-pyrrole nitrogens is 1. The van der Waals surface area contributed by atoms with E-state index < -0.39 is 0 Å². The number of aromatic amines is 1. The van der Waals surface area contributed by atoms with E-state index in [2.05, 4.69) is 20.3 Å². The average Bonchev–Trinajstić information content (AvgIpc) is 2.67. The van der Waals surface area contributed by atoms with Crippen LogP contribution in [0.5, 0.6) is 0 Å². The molecule has 0 radical (unpaired) electrons. The summed E-state index contributed by atoms with van der Waals surface area (Å²) in [6.45, 7) is 2.00. The van der Waals surface area contributed by atoms with Gasteiger partial charge in [-0.25, -0.2) is 9.97 Å². The van der Waals surface area contributed by atoms with E-state index in [1.807, 2.05) is 26.1 Å². The van der Waals surface area contributed by atoms with Crippen molar-refractivity contribution in [3.8, 4) is 0 Å². The number of hydrogen-bond donors (Lipinski definition) is 3. The molecule has 0 saturated heterocycles. The highest BCUT2D eigenvalue weighted by atomic mass is 15.0. The fourth-order valence-corrected chi connectivity index (χ4v) is 1.56. The highest BCUT2D eigenvalue weighted by Gasteiger charge is 2.05. The van der Waals surface area contributed by atoms with Gasteiger partial charge in [0, 0.05) is 19.5 Å². The smallest absolute Gasteiger partial charge is 0.179 e. The van der Waals surface area contributed by atoms with Crippen LogP contribution in [-0.2, 0) is 6.42 Å². The third-order valence-electron chi connectivity index (χ3n) is 2.49.